The van der Waals surface area contributed by atoms with E-state index in [9.17, 15) is 0 Å². The highest BCUT2D eigenvalue weighted by molar-refractivity contribution is 14.1. The van der Waals surface area contributed by atoms with Gasteiger partial charge < -0.3 is 4.74 Å². The van der Waals surface area contributed by atoms with Crippen molar-refractivity contribution in [3.05, 3.63) is 32.4 Å². The Hall–Kier alpha value is 0.340. The van der Waals surface area contributed by atoms with Gasteiger partial charge in [0.2, 0.25) is 0 Å². The van der Waals surface area contributed by atoms with Gasteiger partial charge in [-0.15, -0.1) is 0 Å². The Morgan fingerprint density at radius 2 is 0.941 bits per heavy atom. The summed E-state index contributed by atoms with van der Waals surface area (Å²) in [6, 6.07) is 4.43. The van der Waals surface area contributed by atoms with Gasteiger partial charge in [-0.2, -0.15) is 0 Å². The van der Waals surface area contributed by atoms with Crippen LogP contribution in [-0.4, -0.2) is 30.2 Å². The smallest absolute Gasteiger partial charge is 0.0466 e. The molecule has 1 aromatic carbocycles. The molecule has 1 aliphatic heterocycles. The molecule has 0 aromatic heterocycles. The molecule has 1 nitrogen and oxygen atoms in total. The van der Waals surface area contributed by atoms with Crippen molar-refractivity contribution in [2.24, 2.45) is 0 Å². The molecule has 4 fully saturated rings. The molecule has 34 heavy (non-hydrogen) atoms. The highest BCUT2D eigenvalue weighted by Crippen LogP contribution is 2.61. The lowest BCUT2D eigenvalue weighted by atomic mass is 9.99. The molecule has 4 aliphatic rings. The Labute approximate surface area is 226 Å². The highest BCUT2D eigenvalue weighted by Gasteiger charge is 2.36. The summed E-state index contributed by atoms with van der Waals surface area (Å²) in [6.45, 7) is 8.44. The minimum atomic E-state index is 0.385. The topological polar surface area (TPSA) is 9.23 Å². The molecular formula is C31H52IOP. The van der Waals surface area contributed by atoms with Crippen LogP contribution in [0, 0.1) is 24.3 Å². The Balaban J connectivity index is 0.000000179. The average molecular weight is 599 g/mol. The maximum Gasteiger partial charge on any atom is 0.0466 e. The van der Waals surface area contributed by atoms with Gasteiger partial charge in [-0.1, -0.05) is 83.4 Å². The monoisotopic (exact) mass is 598 g/mol. The molecule has 3 heteroatoms. The van der Waals surface area contributed by atoms with Crippen molar-refractivity contribution >= 4 is 30.5 Å². The summed E-state index contributed by atoms with van der Waals surface area (Å²) in [7, 11) is 0.385. The first-order valence-electron chi connectivity index (χ1n) is 14.6. The van der Waals surface area contributed by atoms with Crippen molar-refractivity contribution in [1.29, 1.82) is 0 Å². The molecule has 3 aliphatic carbocycles. The zero-order chi connectivity index (χ0) is 24.2. The molecule has 0 amide bonds. The third-order valence-electron chi connectivity index (χ3n) is 8.40. The zero-order valence-corrected chi connectivity index (χ0v) is 25.6. The van der Waals surface area contributed by atoms with E-state index in [-0.39, 0.29) is 0 Å². The van der Waals surface area contributed by atoms with Crippen molar-refractivity contribution < 1.29 is 4.74 Å². The van der Waals surface area contributed by atoms with E-state index in [1.54, 1.807) is 77.0 Å². The lowest BCUT2D eigenvalue weighted by molar-refractivity contribution is 0.198. The van der Waals surface area contributed by atoms with E-state index in [1.165, 1.54) is 69.3 Å². The third kappa shape index (κ3) is 9.66. The predicted octanol–water partition coefficient (Wildman–Crippen LogP) is 10.5. The molecule has 1 aromatic rings. The first-order chi connectivity index (χ1) is 16.6. The highest BCUT2D eigenvalue weighted by atomic mass is 127. The quantitative estimate of drug-likeness (QED) is 0.249. The van der Waals surface area contributed by atoms with Gasteiger partial charge in [-0.3, -0.25) is 0 Å². The molecule has 0 radical (unpaired) electrons. The Morgan fingerprint density at radius 1 is 0.588 bits per heavy atom. The van der Waals surface area contributed by atoms with Gasteiger partial charge in [-0.25, -0.2) is 0 Å². The zero-order valence-electron chi connectivity index (χ0n) is 22.6. The van der Waals surface area contributed by atoms with Crippen LogP contribution in [-0.2, 0) is 4.74 Å². The molecule has 0 N–H and O–H groups in total. The maximum atomic E-state index is 4.94. The molecule has 0 spiro atoms. The Kier molecular flexibility index (Phi) is 13.8. The van der Waals surface area contributed by atoms with Crippen molar-refractivity contribution in [2.75, 3.05) is 13.2 Å². The fourth-order valence-electron chi connectivity index (χ4n) is 6.70. The van der Waals surface area contributed by atoms with E-state index < -0.39 is 0 Å². The van der Waals surface area contributed by atoms with Crippen LogP contribution < -0.4 is 0 Å². The second kappa shape index (κ2) is 16.2. The van der Waals surface area contributed by atoms with Gasteiger partial charge in [0, 0.05) is 16.8 Å². The maximum absolute atomic E-state index is 4.94. The summed E-state index contributed by atoms with van der Waals surface area (Å²) in [5.41, 5.74) is 7.70. The first-order valence-corrected chi connectivity index (χ1v) is 17.3. The van der Waals surface area contributed by atoms with E-state index in [2.05, 4.69) is 55.5 Å². The number of aryl methyl sites for hydroxylation is 3. The number of hydrogen-bond acceptors (Lipinski definition) is 1. The number of ether oxygens (including phenoxy) is 1. The van der Waals surface area contributed by atoms with E-state index in [0.717, 1.165) is 13.2 Å². The van der Waals surface area contributed by atoms with Crippen molar-refractivity contribution in [1.82, 2.24) is 0 Å². The molecule has 1 saturated heterocycles. The minimum Gasteiger partial charge on any atom is -0.381 e. The predicted molar refractivity (Wildman–Crippen MR) is 161 cm³/mol. The summed E-state index contributed by atoms with van der Waals surface area (Å²) in [5.74, 6) is 0. The number of hydrogen-bond donors (Lipinski definition) is 0. The average Bonchev–Trinajstić information content (AvgIpc) is 3.46. The minimum absolute atomic E-state index is 0.385. The molecule has 194 valence electrons. The molecule has 1 heterocycles. The Bertz CT molecular complexity index is 609. The molecule has 5 rings (SSSR count). The molecule has 0 bridgehead atoms. The van der Waals surface area contributed by atoms with E-state index in [0.29, 0.717) is 7.92 Å². The molecule has 0 atom stereocenters. The molecular weight excluding hydrogens is 546 g/mol. The summed E-state index contributed by atoms with van der Waals surface area (Å²) in [6.07, 6.45) is 26.2. The fourth-order valence-corrected chi connectivity index (χ4v) is 11.7. The van der Waals surface area contributed by atoms with Crippen LogP contribution in [0.1, 0.15) is 126 Å². The standard InChI is InChI=1S/C18H33P.C9H11I.C4H8O/c1-4-10-16(11-5-1)19(17-12-6-2-7-13-17)18-14-8-3-9-15-18;1-6-4-7(2)9(10)8(3)5-6;1-2-4-5-3-1/h16-18H,1-15H2;4-5H,1-3H3;1-4H2. The van der Waals surface area contributed by atoms with Crippen LogP contribution in [0.4, 0.5) is 0 Å². The second-order valence-electron chi connectivity index (χ2n) is 11.4. The van der Waals surface area contributed by atoms with Crippen molar-refractivity contribution in [3.8, 4) is 0 Å². The summed E-state index contributed by atoms with van der Waals surface area (Å²) >= 11 is 2.39. The van der Waals surface area contributed by atoms with Gasteiger partial charge in [0.05, 0.1) is 0 Å². The number of benzene rings is 1. The van der Waals surface area contributed by atoms with Crippen LogP contribution in [0.2, 0.25) is 0 Å². The first kappa shape index (κ1) is 28.9. The number of rotatable bonds is 3. The van der Waals surface area contributed by atoms with Crippen LogP contribution in [0.25, 0.3) is 0 Å². The lowest BCUT2D eigenvalue weighted by Gasteiger charge is -2.44. The van der Waals surface area contributed by atoms with Crippen LogP contribution in [0.15, 0.2) is 12.1 Å². The van der Waals surface area contributed by atoms with E-state index >= 15 is 0 Å². The van der Waals surface area contributed by atoms with Gasteiger partial charge >= 0.3 is 0 Å². The third-order valence-corrected chi connectivity index (χ3v) is 14.2. The van der Waals surface area contributed by atoms with Crippen molar-refractivity contribution in [3.63, 3.8) is 0 Å². The summed E-state index contributed by atoms with van der Waals surface area (Å²) < 4.78 is 6.34. The van der Waals surface area contributed by atoms with Crippen LogP contribution >= 0.6 is 30.5 Å². The summed E-state index contributed by atoms with van der Waals surface area (Å²) in [4.78, 5) is 0. The normalized spacial score (nSPS) is 22.6. The summed E-state index contributed by atoms with van der Waals surface area (Å²) in [5, 5.41) is 0. The Morgan fingerprint density at radius 3 is 1.24 bits per heavy atom. The second-order valence-corrected chi connectivity index (χ2v) is 15.5. The van der Waals surface area contributed by atoms with Gasteiger partial charge in [0.25, 0.3) is 0 Å². The lowest BCUT2D eigenvalue weighted by Crippen LogP contribution is -2.28. The molecule has 3 saturated carbocycles. The SMILES string of the molecule is C1CCC(P(C2CCCCC2)C2CCCCC2)CC1.C1CCOC1.Cc1cc(C)c(I)c(C)c1. The van der Waals surface area contributed by atoms with Crippen LogP contribution in [0.3, 0.4) is 0 Å². The van der Waals surface area contributed by atoms with E-state index in [4.69, 9.17) is 4.74 Å². The van der Waals surface area contributed by atoms with Gasteiger partial charge in [0.1, 0.15) is 0 Å². The van der Waals surface area contributed by atoms with Crippen LogP contribution in [0.5, 0.6) is 0 Å². The number of halogens is 1. The van der Waals surface area contributed by atoms with Gasteiger partial charge in [0.15, 0.2) is 0 Å². The van der Waals surface area contributed by atoms with E-state index in [1.807, 2.05) is 0 Å². The van der Waals surface area contributed by atoms with Gasteiger partial charge in [-0.05, 0) is 123 Å². The molecule has 0 unspecified atom stereocenters. The largest absolute Gasteiger partial charge is 0.381 e. The van der Waals surface area contributed by atoms with Crippen molar-refractivity contribution in [2.45, 2.75) is 147 Å². The fraction of sp³-hybridized carbons (Fsp3) is 0.806.